The third-order valence-corrected chi connectivity index (χ3v) is 2.49. The summed E-state index contributed by atoms with van der Waals surface area (Å²) in [5.74, 6) is -0.834. The highest BCUT2D eigenvalue weighted by Gasteiger charge is 2.16. The molecule has 0 aromatic rings. The minimum absolute atomic E-state index is 0.0706. The molecule has 0 aliphatic rings. The van der Waals surface area contributed by atoms with Crippen molar-refractivity contribution in [3.05, 3.63) is 0 Å². The van der Waals surface area contributed by atoms with Gasteiger partial charge in [-0.3, -0.25) is 14.9 Å². The Morgan fingerprint density at radius 1 is 1.47 bits per heavy atom. The highest BCUT2D eigenvalue weighted by atomic mass is 32.2. The molecule has 0 bridgehead atoms. The maximum Gasteiger partial charge on any atom is 0.318 e. The first-order valence-electron chi connectivity index (χ1n) is 4.34. The van der Waals surface area contributed by atoms with Gasteiger partial charge in [-0.05, 0) is 13.8 Å². The van der Waals surface area contributed by atoms with Gasteiger partial charge in [0.2, 0.25) is 5.91 Å². The van der Waals surface area contributed by atoms with E-state index in [1.807, 2.05) is 5.32 Å². The molecule has 0 saturated heterocycles. The smallest absolute Gasteiger partial charge is 0.318 e. The Morgan fingerprint density at radius 3 is 2.53 bits per heavy atom. The van der Waals surface area contributed by atoms with Gasteiger partial charge in [-0.2, -0.15) is 0 Å². The lowest BCUT2D eigenvalue weighted by molar-refractivity contribution is -0.139. The van der Waals surface area contributed by atoms with Crippen molar-refractivity contribution >= 4 is 29.7 Å². The number of thioether (sulfide) groups is 1. The summed E-state index contributed by atoms with van der Waals surface area (Å²) in [7, 11) is 0. The summed E-state index contributed by atoms with van der Waals surface area (Å²) >= 11 is 1.08. The van der Waals surface area contributed by atoms with Crippen molar-refractivity contribution < 1.29 is 19.1 Å². The molecule has 0 fully saturated rings. The fraction of sp³-hybridized carbons (Fsp3) is 0.625. The van der Waals surface area contributed by atoms with Gasteiger partial charge >= 0.3 is 12.0 Å². The highest BCUT2D eigenvalue weighted by molar-refractivity contribution is 8.01. The standard InChI is InChI=1S/C8H14N2O4S/c1-3-14-6(11)4-15-5(2)7(12)10-8(9)13/h5H,3-4H2,1-2H3,(H3,9,10,12,13)/t5-/m1/s1. The Morgan fingerprint density at radius 2 is 2.07 bits per heavy atom. The van der Waals surface area contributed by atoms with Gasteiger partial charge in [0.15, 0.2) is 0 Å². The molecular weight excluding hydrogens is 220 g/mol. The fourth-order valence-corrected chi connectivity index (χ4v) is 1.37. The lowest BCUT2D eigenvalue weighted by Gasteiger charge is -2.09. The average Bonchev–Trinajstić information content (AvgIpc) is 2.13. The number of nitrogens with one attached hydrogen (secondary N) is 1. The summed E-state index contributed by atoms with van der Waals surface area (Å²) in [6.45, 7) is 3.58. The van der Waals surface area contributed by atoms with Crippen LogP contribution in [-0.4, -0.2) is 35.5 Å². The number of rotatable bonds is 5. The Bertz CT molecular complexity index is 257. The maximum atomic E-state index is 11.1. The summed E-state index contributed by atoms with van der Waals surface area (Å²) in [6, 6.07) is -0.899. The minimum atomic E-state index is -0.899. The van der Waals surface area contributed by atoms with E-state index in [4.69, 9.17) is 5.73 Å². The first kappa shape index (κ1) is 13.8. The Balaban J connectivity index is 3.82. The Kier molecular flexibility index (Phi) is 6.52. The van der Waals surface area contributed by atoms with Crippen molar-refractivity contribution in [2.24, 2.45) is 5.73 Å². The van der Waals surface area contributed by atoms with Gasteiger partial charge in [-0.1, -0.05) is 0 Å². The van der Waals surface area contributed by atoms with Gasteiger partial charge in [-0.25, -0.2) is 4.79 Å². The van der Waals surface area contributed by atoms with Gasteiger partial charge in [0, 0.05) is 0 Å². The molecule has 0 aliphatic heterocycles. The van der Waals surface area contributed by atoms with E-state index in [-0.39, 0.29) is 11.7 Å². The van der Waals surface area contributed by atoms with Crippen molar-refractivity contribution in [1.29, 1.82) is 0 Å². The van der Waals surface area contributed by atoms with E-state index in [9.17, 15) is 14.4 Å². The molecule has 0 unspecified atom stereocenters. The monoisotopic (exact) mass is 234 g/mol. The second-order valence-electron chi connectivity index (χ2n) is 2.61. The molecule has 7 heteroatoms. The second kappa shape index (κ2) is 7.10. The zero-order valence-electron chi connectivity index (χ0n) is 8.61. The van der Waals surface area contributed by atoms with Crippen molar-refractivity contribution in [2.45, 2.75) is 19.1 Å². The first-order chi connectivity index (χ1) is 6.97. The Labute approximate surface area is 91.9 Å². The number of primary amides is 1. The van der Waals surface area contributed by atoms with Crippen LogP contribution >= 0.6 is 11.8 Å². The average molecular weight is 234 g/mol. The number of carbonyl (C=O) groups is 3. The molecule has 3 amide bonds. The van der Waals surface area contributed by atoms with Gasteiger partial charge in [-0.15, -0.1) is 11.8 Å². The van der Waals surface area contributed by atoms with Crippen LogP contribution in [0.25, 0.3) is 0 Å². The van der Waals surface area contributed by atoms with Gasteiger partial charge in [0.05, 0.1) is 17.6 Å². The van der Waals surface area contributed by atoms with Crippen LogP contribution < -0.4 is 11.1 Å². The number of hydrogen-bond donors (Lipinski definition) is 2. The van der Waals surface area contributed by atoms with Crippen LogP contribution in [-0.2, 0) is 14.3 Å². The number of nitrogens with two attached hydrogens (primary N) is 1. The van der Waals surface area contributed by atoms with Crippen LogP contribution in [0.1, 0.15) is 13.8 Å². The molecule has 3 N–H and O–H groups in total. The van der Waals surface area contributed by atoms with E-state index in [1.54, 1.807) is 13.8 Å². The molecule has 6 nitrogen and oxygen atoms in total. The third kappa shape index (κ3) is 6.78. The van der Waals surface area contributed by atoms with E-state index in [0.717, 1.165) is 11.8 Å². The molecule has 0 aliphatic carbocycles. The van der Waals surface area contributed by atoms with E-state index in [0.29, 0.717) is 6.61 Å². The van der Waals surface area contributed by atoms with Crippen molar-refractivity contribution in [3.8, 4) is 0 Å². The van der Waals surface area contributed by atoms with E-state index >= 15 is 0 Å². The van der Waals surface area contributed by atoms with Gasteiger partial charge in [0.1, 0.15) is 0 Å². The summed E-state index contributed by atoms with van der Waals surface area (Å²) in [4.78, 5) is 32.4. The number of urea groups is 1. The van der Waals surface area contributed by atoms with Gasteiger partial charge in [0.25, 0.3) is 0 Å². The molecular formula is C8H14N2O4S. The lowest BCUT2D eigenvalue weighted by Crippen LogP contribution is -2.39. The lowest BCUT2D eigenvalue weighted by atomic mass is 10.4. The SMILES string of the molecule is CCOC(=O)CS[C@H](C)C(=O)NC(N)=O. The highest BCUT2D eigenvalue weighted by Crippen LogP contribution is 2.10. The van der Waals surface area contributed by atoms with E-state index in [2.05, 4.69) is 4.74 Å². The molecule has 0 spiro atoms. The van der Waals surface area contributed by atoms with Crippen LogP contribution in [0.5, 0.6) is 0 Å². The normalized spacial score (nSPS) is 11.6. The minimum Gasteiger partial charge on any atom is -0.465 e. The molecule has 0 saturated carbocycles. The molecule has 0 rings (SSSR count). The Hall–Kier alpha value is -1.24. The predicted molar refractivity (Wildman–Crippen MR) is 56.3 cm³/mol. The number of hydrogen-bond acceptors (Lipinski definition) is 5. The maximum absolute atomic E-state index is 11.1. The van der Waals surface area contributed by atoms with Crippen LogP contribution in [0.2, 0.25) is 0 Å². The molecule has 86 valence electrons. The summed E-state index contributed by atoms with van der Waals surface area (Å²) < 4.78 is 4.67. The van der Waals surface area contributed by atoms with Crippen molar-refractivity contribution in [1.82, 2.24) is 5.32 Å². The summed E-state index contributed by atoms with van der Waals surface area (Å²) in [5, 5.41) is 1.40. The summed E-state index contributed by atoms with van der Waals surface area (Å²) in [5.41, 5.74) is 4.76. The zero-order valence-corrected chi connectivity index (χ0v) is 9.43. The van der Waals surface area contributed by atoms with Crippen molar-refractivity contribution in [3.63, 3.8) is 0 Å². The van der Waals surface area contributed by atoms with Crippen LogP contribution in [0.4, 0.5) is 4.79 Å². The zero-order chi connectivity index (χ0) is 11.8. The number of imide groups is 1. The molecule has 1 atom stereocenters. The fourth-order valence-electron chi connectivity index (χ4n) is 0.694. The quantitative estimate of drug-likeness (QED) is 0.645. The second-order valence-corrected chi connectivity index (χ2v) is 3.94. The molecule has 0 heterocycles. The molecule has 0 aromatic heterocycles. The topological polar surface area (TPSA) is 98.5 Å². The molecule has 0 radical (unpaired) electrons. The first-order valence-corrected chi connectivity index (χ1v) is 5.39. The van der Waals surface area contributed by atoms with E-state index < -0.39 is 17.2 Å². The third-order valence-electron chi connectivity index (χ3n) is 1.37. The predicted octanol–water partition coefficient (Wildman–Crippen LogP) is -0.134. The van der Waals surface area contributed by atoms with Gasteiger partial charge < -0.3 is 10.5 Å². The van der Waals surface area contributed by atoms with Crippen LogP contribution in [0, 0.1) is 0 Å². The number of carbonyl (C=O) groups excluding carboxylic acids is 3. The van der Waals surface area contributed by atoms with Crippen molar-refractivity contribution in [2.75, 3.05) is 12.4 Å². The number of amides is 3. The molecule has 0 aromatic carbocycles. The molecule has 15 heavy (non-hydrogen) atoms. The number of ether oxygens (including phenoxy) is 1. The van der Waals surface area contributed by atoms with E-state index in [1.165, 1.54) is 0 Å². The summed E-state index contributed by atoms with van der Waals surface area (Å²) in [6.07, 6.45) is 0. The number of esters is 1. The van der Waals surface area contributed by atoms with Crippen LogP contribution in [0.3, 0.4) is 0 Å². The van der Waals surface area contributed by atoms with Crippen LogP contribution in [0.15, 0.2) is 0 Å². The largest absolute Gasteiger partial charge is 0.465 e.